The van der Waals surface area contributed by atoms with E-state index in [4.69, 9.17) is 9.47 Å². The molecule has 186 valence electrons. The van der Waals surface area contributed by atoms with Gasteiger partial charge in [-0.05, 0) is 36.8 Å². The molecule has 11 heteroatoms. The Morgan fingerprint density at radius 3 is 2.81 bits per heavy atom. The first kappa shape index (κ1) is 23.5. The van der Waals surface area contributed by atoms with Crippen molar-refractivity contribution in [3.8, 4) is 11.3 Å². The number of ether oxygens (including phenoxy) is 2. The largest absolute Gasteiger partial charge is 0.453 e. The van der Waals surface area contributed by atoms with Crippen LogP contribution < -0.4 is 10.2 Å². The van der Waals surface area contributed by atoms with Gasteiger partial charge >= 0.3 is 6.09 Å². The summed E-state index contributed by atoms with van der Waals surface area (Å²) < 4.78 is 43.5. The molecule has 2 aliphatic heterocycles. The highest BCUT2D eigenvalue weighted by molar-refractivity contribution is 5.74. The predicted molar refractivity (Wildman–Crippen MR) is 127 cm³/mol. The number of aryl methyl sites for hydroxylation is 1. The van der Waals surface area contributed by atoms with Gasteiger partial charge < -0.3 is 24.1 Å². The molecule has 9 nitrogen and oxygen atoms in total. The quantitative estimate of drug-likeness (QED) is 0.557. The second-order valence-electron chi connectivity index (χ2n) is 8.52. The van der Waals surface area contributed by atoms with E-state index in [0.717, 1.165) is 17.7 Å². The van der Waals surface area contributed by atoms with Crippen molar-refractivity contribution in [2.45, 2.75) is 19.4 Å². The lowest BCUT2D eigenvalue weighted by Crippen LogP contribution is -2.46. The Hall–Kier alpha value is -4.21. The Bertz CT molecular complexity index is 1410. The molecular weight excluding hydrogens is 472 g/mol. The summed E-state index contributed by atoms with van der Waals surface area (Å²) >= 11 is 0. The summed E-state index contributed by atoms with van der Waals surface area (Å²) in [6.07, 6.45) is 4.10. The molecule has 0 bridgehead atoms. The van der Waals surface area contributed by atoms with Gasteiger partial charge in [-0.3, -0.25) is 4.90 Å². The summed E-state index contributed by atoms with van der Waals surface area (Å²) in [6.45, 7) is 2.87. The molecule has 1 aromatic carbocycles. The van der Waals surface area contributed by atoms with Gasteiger partial charge in [0.15, 0.2) is 5.94 Å². The molecule has 0 saturated carbocycles. The summed E-state index contributed by atoms with van der Waals surface area (Å²) in [5.74, 6) is 0.0508. The van der Waals surface area contributed by atoms with Crippen molar-refractivity contribution in [2.24, 2.45) is 0 Å². The molecule has 1 amide bonds. The Labute approximate surface area is 205 Å². The summed E-state index contributed by atoms with van der Waals surface area (Å²) in [6, 6.07) is 5.98. The number of hydrogen-bond donors (Lipinski definition) is 1. The zero-order valence-electron chi connectivity index (χ0n) is 19.6. The van der Waals surface area contributed by atoms with E-state index in [9.17, 15) is 9.59 Å². The van der Waals surface area contributed by atoms with Crippen molar-refractivity contribution in [1.29, 1.82) is 0 Å². The van der Waals surface area contributed by atoms with E-state index in [1.807, 2.05) is 19.1 Å². The number of rotatable bonds is 4. The van der Waals surface area contributed by atoms with Gasteiger partial charge in [0, 0.05) is 31.6 Å². The monoisotopic (exact) mass is 495 g/mol. The average Bonchev–Trinajstić information content (AvgIpc) is 3.48. The molecule has 1 atom stereocenters. The van der Waals surface area contributed by atoms with Crippen LogP contribution in [-0.4, -0.2) is 59.2 Å². The van der Waals surface area contributed by atoms with Gasteiger partial charge in [-0.25, -0.2) is 23.4 Å². The van der Waals surface area contributed by atoms with Crippen molar-refractivity contribution in [3.05, 3.63) is 71.6 Å². The van der Waals surface area contributed by atoms with E-state index in [2.05, 4.69) is 10.3 Å². The zero-order chi connectivity index (χ0) is 25.4. The SMILES string of the molecule is COC(=O)N1CCO[C@@H](Cc2c(-c3c(F)cc(N4C=CNC4=C=O)cc3F)nc3cc(C)ccn23)C1. The molecule has 2 aromatic heterocycles. The highest BCUT2D eigenvalue weighted by atomic mass is 19.1. The van der Waals surface area contributed by atoms with Crippen LogP contribution in [0.15, 0.2) is 48.7 Å². The first-order chi connectivity index (χ1) is 17.4. The number of nitrogens with zero attached hydrogens (tertiary/aromatic N) is 4. The standard InChI is InChI=1S/C25H23F2N5O4/c1-15-3-5-32-20(12-17-13-30(7-8-36-17)25(34)35-2)24(29-21(32)9-15)23-18(26)10-16(11-19(23)27)31-6-4-28-22(31)14-33/h3-6,9-11,17,28H,7-8,12-13H2,1-2H3/t17-/m0/s1. The number of methoxy groups -OCH3 is 1. The Balaban J connectivity index is 1.57. The molecule has 1 saturated heterocycles. The summed E-state index contributed by atoms with van der Waals surface area (Å²) in [5, 5.41) is 2.66. The third-order valence-electron chi connectivity index (χ3n) is 6.20. The van der Waals surface area contributed by atoms with Crippen molar-refractivity contribution in [1.82, 2.24) is 19.6 Å². The van der Waals surface area contributed by atoms with Crippen LogP contribution in [0.25, 0.3) is 16.9 Å². The molecule has 0 aliphatic carbocycles. The minimum atomic E-state index is -0.835. The van der Waals surface area contributed by atoms with Gasteiger partial charge in [0.2, 0.25) is 5.82 Å². The van der Waals surface area contributed by atoms with E-state index in [-0.39, 0.29) is 35.7 Å². The van der Waals surface area contributed by atoms with E-state index >= 15 is 8.78 Å². The van der Waals surface area contributed by atoms with E-state index in [0.29, 0.717) is 24.5 Å². The third-order valence-corrected chi connectivity index (χ3v) is 6.20. The third kappa shape index (κ3) is 4.19. The fourth-order valence-electron chi connectivity index (χ4n) is 4.50. The van der Waals surface area contributed by atoms with Gasteiger partial charge in [-0.15, -0.1) is 0 Å². The molecule has 2 aliphatic rings. The maximum Gasteiger partial charge on any atom is 0.409 e. The lowest BCUT2D eigenvalue weighted by molar-refractivity contribution is -0.0241. The van der Waals surface area contributed by atoms with E-state index in [1.165, 1.54) is 29.3 Å². The fourth-order valence-corrected chi connectivity index (χ4v) is 4.50. The van der Waals surface area contributed by atoms with Gasteiger partial charge in [-0.1, -0.05) is 0 Å². The molecule has 1 N–H and O–H groups in total. The molecule has 3 aromatic rings. The molecular formula is C25H23F2N5O4. The first-order valence-electron chi connectivity index (χ1n) is 11.3. The molecule has 0 radical (unpaired) electrons. The number of amides is 1. The zero-order valence-corrected chi connectivity index (χ0v) is 19.6. The van der Waals surface area contributed by atoms with Crippen molar-refractivity contribution in [3.63, 3.8) is 0 Å². The van der Waals surface area contributed by atoms with Crippen LogP contribution in [0.2, 0.25) is 0 Å². The number of pyridine rings is 1. The first-order valence-corrected chi connectivity index (χ1v) is 11.3. The number of carbonyl (C=O) groups excluding carboxylic acids is 2. The highest BCUT2D eigenvalue weighted by Gasteiger charge is 2.29. The van der Waals surface area contributed by atoms with Crippen LogP contribution in [0.3, 0.4) is 0 Å². The van der Waals surface area contributed by atoms with Gasteiger partial charge in [-0.2, -0.15) is 0 Å². The maximum atomic E-state index is 15.5. The van der Waals surface area contributed by atoms with Gasteiger partial charge in [0.05, 0.1) is 49.0 Å². The number of halogens is 2. The van der Waals surface area contributed by atoms with E-state index < -0.39 is 23.8 Å². The minimum Gasteiger partial charge on any atom is -0.453 e. The second kappa shape index (κ2) is 9.44. The summed E-state index contributed by atoms with van der Waals surface area (Å²) in [4.78, 5) is 30.6. The number of hydrogen-bond acceptors (Lipinski definition) is 7. The molecule has 5 rings (SSSR count). The number of fused-ring (bicyclic) bond motifs is 1. The van der Waals surface area contributed by atoms with Crippen LogP contribution >= 0.6 is 0 Å². The molecule has 1 fully saturated rings. The molecule has 4 heterocycles. The van der Waals surface area contributed by atoms with Crippen molar-refractivity contribution >= 4 is 23.4 Å². The number of imidazole rings is 1. The van der Waals surface area contributed by atoms with Crippen LogP contribution in [0.4, 0.5) is 19.3 Å². The number of anilines is 1. The lowest BCUT2D eigenvalue weighted by Gasteiger charge is -2.32. The van der Waals surface area contributed by atoms with Crippen LogP contribution in [-0.2, 0) is 20.7 Å². The minimum absolute atomic E-state index is 0.0232. The number of aromatic nitrogens is 2. The topological polar surface area (TPSA) is 88.4 Å². The summed E-state index contributed by atoms with van der Waals surface area (Å²) in [5.41, 5.74) is 1.99. The number of carbonyl (C=O) groups is 1. The summed E-state index contributed by atoms with van der Waals surface area (Å²) in [7, 11) is 1.31. The van der Waals surface area contributed by atoms with Crippen molar-refractivity contribution < 1.29 is 27.8 Å². The number of benzene rings is 1. The van der Waals surface area contributed by atoms with Crippen molar-refractivity contribution in [2.75, 3.05) is 31.7 Å². The molecule has 0 unspecified atom stereocenters. The Morgan fingerprint density at radius 2 is 2.08 bits per heavy atom. The predicted octanol–water partition coefficient (Wildman–Crippen LogP) is 3.15. The second-order valence-corrected chi connectivity index (χ2v) is 8.52. The van der Waals surface area contributed by atoms with Crippen LogP contribution in [0.5, 0.6) is 0 Å². The number of morpholine rings is 1. The van der Waals surface area contributed by atoms with Gasteiger partial charge in [0.25, 0.3) is 0 Å². The highest BCUT2D eigenvalue weighted by Crippen LogP contribution is 2.34. The molecule has 0 spiro atoms. The van der Waals surface area contributed by atoms with Crippen LogP contribution in [0.1, 0.15) is 11.3 Å². The maximum absolute atomic E-state index is 15.5. The van der Waals surface area contributed by atoms with Crippen LogP contribution in [0, 0.1) is 18.6 Å². The van der Waals surface area contributed by atoms with Gasteiger partial charge in [0.1, 0.15) is 17.3 Å². The number of nitrogens with one attached hydrogen (secondary N) is 1. The Morgan fingerprint density at radius 1 is 1.31 bits per heavy atom. The lowest BCUT2D eigenvalue weighted by atomic mass is 10.0. The normalized spacial score (nSPS) is 17.4. The smallest absolute Gasteiger partial charge is 0.409 e. The average molecular weight is 495 g/mol. The Kier molecular flexibility index (Phi) is 6.17. The van der Waals surface area contributed by atoms with E-state index in [1.54, 1.807) is 16.5 Å². The molecule has 36 heavy (non-hydrogen) atoms. The fraction of sp³-hybridized carbons (Fsp3) is 0.280.